The topological polar surface area (TPSA) is 177 Å². The molecule has 0 unspecified atom stereocenters. The van der Waals surface area contributed by atoms with Crippen LogP contribution in [0.15, 0.2) is 54.6 Å². The van der Waals surface area contributed by atoms with Crippen LogP contribution < -0.4 is 21.1 Å². The van der Waals surface area contributed by atoms with Crippen molar-refractivity contribution in [3.05, 3.63) is 70.7 Å². The first-order chi connectivity index (χ1) is 22.4. The Labute approximate surface area is 282 Å². The van der Waals surface area contributed by atoms with Crippen molar-refractivity contribution in [3.8, 4) is 0 Å². The molecular formula is C33H46ClN5O7S. The fraction of sp³-hybridized carbons (Fsp3) is 0.515. The van der Waals surface area contributed by atoms with Crippen molar-refractivity contribution in [2.45, 2.75) is 82.7 Å². The molecule has 4 atom stereocenters. The first-order valence-electron chi connectivity index (χ1n) is 15.9. The zero-order valence-electron chi connectivity index (χ0n) is 27.0. The highest BCUT2D eigenvalue weighted by Crippen LogP contribution is 2.25. The number of carbonyl (C=O) groups excluding carboxylic acids is 4. The van der Waals surface area contributed by atoms with E-state index < -0.39 is 57.8 Å². The molecule has 1 saturated heterocycles. The number of aryl methyl sites for hydroxylation is 1. The average molecular weight is 692 g/mol. The molecule has 258 valence electrons. The van der Waals surface area contributed by atoms with Crippen LogP contribution in [0, 0.1) is 0 Å². The number of unbranched alkanes of at least 4 members (excludes halogenated alkanes) is 1. The summed E-state index contributed by atoms with van der Waals surface area (Å²) < 4.78 is 33.2. The van der Waals surface area contributed by atoms with Crippen molar-refractivity contribution in [2.75, 3.05) is 25.9 Å². The number of halogens is 1. The van der Waals surface area contributed by atoms with Crippen LogP contribution in [-0.4, -0.2) is 86.9 Å². The highest BCUT2D eigenvalue weighted by Gasteiger charge is 2.43. The second-order valence-electron chi connectivity index (χ2n) is 11.7. The summed E-state index contributed by atoms with van der Waals surface area (Å²) in [5.74, 6) is -2.80. The quantitative estimate of drug-likeness (QED) is 0.128. The van der Waals surface area contributed by atoms with Crippen LogP contribution in [0.5, 0.6) is 0 Å². The minimum absolute atomic E-state index is 0.0144. The van der Waals surface area contributed by atoms with E-state index in [1.165, 1.54) is 4.90 Å². The molecule has 0 bridgehead atoms. The maximum Gasteiger partial charge on any atom is 0.289 e. The number of nitrogens with two attached hydrogens (primary N) is 1. The van der Waals surface area contributed by atoms with Gasteiger partial charge in [-0.05, 0) is 68.3 Å². The van der Waals surface area contributed by atoms with E-state index in [1.54, 1.807) is 24.3 Å². The van der Waals surface area contributed by atoms with E-state index in [0.29, 0.717) is 43.8 Å². The summed E-state index contributed by atoms with van der Waals surface area (Å²) in [5.41, 5.74) is 7.38. The molecule has 47 heavy (non-hydrogen) atoms. The van der Waals surface area contributed by atoms with Gasteiger partial charge in [0.2, 0.25) is 27.6 Å². The van der Waals surface area contributed by atoms with Crippen molar-refractivity contribution >= 4 is 45.1 Å². The number of ether oxygens (including phenoxy) is 1. The van der Waals surface area contributed by atoms with Gasteiger partial charge >= 0.3 is 0 Å². The standard InChI is InChI=1S/C33H46ClN5O7S/c1-3-19-36-32(42)30(40)27(11-7-8-18-35)37-31(41)29-20-26(46-22-24-12-15-25(34)16-13-24)21-39(29)33(43)28(38-47(2,44)45)17-14-23-9-5-4-6-10-23/h4-6,9-10,12-13,15-16,26-29,38H,3,7-8,11,14,17-22,35H2,1-2H3,(H,36,42)(H,37,41)/t26-,27+,28-,29+/m1/s1. The van der Waals surface area contributed by atoms with E-state index in [4.69, 9.17) is 22.1 Å². The fourth-order valence-corrected chi connectivity index (χ4v) is 6.23. The van der Waals surface area contributed by atoms with Crippen LogP contribution in [0.25, 0.3) is 0 Å². The maximum atomic E-state index is 14.1. The van der Waals surface area contributed by atoms with Crippen LogP contribution in [-0.2, 0) is 47.0 Å². The van der Waals surface area contributed by atoms with Crippen LogP contribution in [0.2, 0.25) is 5.02 Å². The number of Topliss-reactive ketones (excluding diaryl/α,β-unsaturated/α-hetero) is 1. The summed E-state index contributed by atoms with van der Waals surface area (Å²) in [7, 11) is -3.80. The van der Waals surface area contributed by atoms with E-state index in [1.807, 2.05) is 37.3 Å². The first-order valence-corrected chi connectivity index (χ1v) is 18.2. The van der Waals surface area contributed by atoms with E-state index in [0.717, 1.165) is 17.4 Å². The van der Waals surface area contributed by atoms with Gasteiger partial charge in [-0.3, -0.25) is 19.2 Å². The molecule has 2 aromatic carbocycles. The molecular weight excluding hydrogens is 646 g/mol. The predicted molar refractivity (Wildman–Crippen MR) is 180 cm³/mol. The molecule has 5 N–H and O–H groups in total. The van der Waals surface area contributed by atoms with Gasteiger partial charge in [0.15, 0.2) is 0 Å². The summed E-state index contributed by atoms with van der Waals surface area (Å²) in [5, 5.41) is 5.84. The Morgan fingerprint density at radius 2 is 1.70 bits per heavy atom. The van der Waals surface area contributed by atoms with Crippen LogP contribution >= 0.6 is 11.6 Å². The molecule has 0 spiro atoms. The normalized spacial score (nSPS) is 17.6. The Morgan fingerprint density at radius 3 is 2.34 bits per heavy atom. The number of benzene rings is 2. The number of nitrogens with one attached hydrogen (secondary N) is 3. The van der Waals surface area contributed by atoms with Gasteiger partial charge in [-0.15, -0.1) is 0 Å². The Kier molecular flexibility index (Phi) is 15.3. The van der Waals surface area contributed by atoms with Crippen LogP contribution in [0.3, 0.4) is 0 Å². The van der Waals surface area contributed by atoms with Gasteiger partial charge in [-0.25, -0.2) is 13.1 Å². The van der Waals surface area contributed by atoms with Crippen molar-refractivity contribution in [1.29, 1.82) is 0 Å². The summed E-state index contributed by atoms with van der Waals surface area (Å²) in [6.45, 7) is 2.75. The molecule has 12 nitrogen and oxygen atoms in total. The van der Waals surface area contributed by atoms with Gasteiger partial charge in [0, 0.05) is 24.5 Å². The van der Waals surface area contributed by atoms with Crippen molar-refractivity contribution < 1.29 is 32.3 Å². The highest BCUT2D eigenvalue weighted by molar-refractivity contribution is 7.88. The number of nitrogens with zero attached hydrogens (tertiary/aromatic N) is 1. The molecule has 0 aromatic heterocycles. The lowest BCUT2D eigenvalue weighted by atomic mass is 10.0. The number of ketones is 1. The largest absolute Gasteiger partial charge is 0.372 e. The Bertz CT molecular complexity index is 1440. The molecule has 2 aromatic rings. The lowest BCUT2D eigenvalue weighted by Gasteiger charge is -2.29. The van der Waals surface area contributed by atoms with Gasteiger partial charge in [-0.1, -0.05) is 61.0 Å². The summed E-state index contributed by atoms with van der Waals surface area (Å²) in [4.78, 5) is 54.9. The number of sulfonamides is 1. The van der Waals surface area contributed by atoms with Gasteiger partial charge in [0.25, 0.3) is 5.91 Å². The highest BCUT2D eigenvalue weighted by atomic mass is 35.5. The molecule has 1 aliphatic heterocycles. The molecule has 1 heterocycles. The number of carbonyl (C=O) groups is 4. The molecule has 3 amide bonds. The Balaban J connectivity index is 1.86. The third-order valence-corrected chi connectivity index (χ3v) is 8.77. The minimum Gasteiger partial charge on any atom is -0.372 e. The summed E-state index contributed by atoms with van der Waals surface area (Å²) in [6, 6.07) is 13.0. The van der Waals surface area contributed by atoms with E-state index >= 15 is 0 Å². The van der Waals surface area contributed by atoms with Crippen molar-refractivity contribution in [3.63, 3.8) is 0 Å². The van der Waals surface area contributed by atoms with Gasteiger partial charge < -0.3 is 26.0 Å². The van der Waals surface area contributed by atoms with E-state index in [-0.39, 0.29) is 32.4 Å². The van der Waals surface area contributed by atoms with Crippen molar-refractivity contribution in [1.82, 2.24) is 20.3 Å². The third kappa shape index (κ3) is 12.6. The number of rotatable bonds is 19. The zero-order chi connectivity index (χ0) is 34.4. The number of likely N-dealkylation sites (tertiary alicyclic amines) is 1. The fourth-order valence-electron chi connectivity index (χ4n) is 5.37. The monoisotopic (exact) mass is 691 g/mol. The lowest BCUT2D eigenvalue weighted by molar-refractivity contribution is -0.142. The van der Waals surface area contributed by atoms with Crippen molar-refractivity contribution in [2.24, 2.45) is 5.73 Å². The minimum atomic E-state index is -3.80. The summed E-state index contributed by atoms with van der Waals surface area (Å²) in [6.07, 6.45) is 2.96. The second kappa shape index (κ2) is 18.8. The first kappa shape index (κ1) is 38.1. The van der Waals surface area contributed by atoms with Gasteiger partial charge in [0.05, 0.1) is 25.0 Å². The van der Waals surface area contributed by atoms with E-state index in [2.05, 4.69) is 15.4 Å². The number of amides is 3. The maximum absolute atomic E-state index is 14.1. The smallest absolute Gasteiger partial charge is 0.289 e. The predicted octanol–water partition coefficient (Wildman–Crippen LogP) is 2.09. The molecule has 1 fully saturated rings. The van der Waals surface area contributed by atoms with Crippen LogP contribution in [0.1, 0.15) is 56.6 Å². The van der Waals surface area contributed by atoms with Gasteiger partial charge in [-0.2, -0.15) is 0 Å². The molecule has 14 heteroatoms. The lowest BCUT2D eigenvalue weighted by Crippen LogP contribution is -2.56. The Hall–Kier alpha value is -3.36. The summed E-state index contributed by atoms with van der Waals surface area (Å²) >= 11 is 6.00. The van der Waals surface area contributed by atoms with Gasteiger partial charge in [0.1, 0.15) is 12.1 Å². The molecule has 3 rings (SSSR count). The number of hydrogen-bond donors (Lipinski definition) is 4. The molecule has 0 saturated carbocycles. The molecule has 0 radical (unpaired) electrons. The Morgan fingerprint density at radius 1 is 1.00 bits per heavy atom. The SMILES string of the molecule is CCCNC(=O)C(=O)[C@H](CCCCN)NC(=O)[C@@H]1C[C@@H](OCc2ccc(Cl)cc2)CN1C(=O)[C@@H](CCc1ccccc1)NS(C)(=O)=O. The molecule has 1 aliphatic rings. The average Bonchev–Trinajstić information content (AvgIpc) is 3.48. The molecule has 0 aliphatic carbocycles. The third-order valence-electron chi connectivity index (χ3n) is 7.81. The van der Waals surface area contributed by atoms with E-state index in [9.17, 15) is 27.6 Å². The number of hydrogen-bond acceptors (Lipinski definition) is 8. The second-order valence-corrected chi connectivity index (χ2v) is 14.0. The van der Waals surface area contributed by atoms with Crippen LogP contribution in [0.4, 0.5) is 0 Å². The zero-order valence-corrected chi connectivity index (χ0v) is 28.5.